The number of nitrogens with one attached hydrogen (secondary N) is 2. The van der Waals surface area contributed by atoms with Crippen molar-refractivity contribution in [1.29, 1.82) is 0 Å². The summed E-state index contributed by atoms with van der Waals surface area (Å²) in [6.45, 7) is 0.933. The molecule has 0 saturated carbocycles. The number of pyridine rings is 1. The SMILES string of the molecule is COCCNC(=O)c1ccnc(Nc2ccc(Oc3ccccc3)cc2)c1. The van der Waals surface area contributed by atoms with Gasteiger partial charge in [0.1, 0.15) is 17.3 Å². The fraction of sp³-hybridized carbons (Fsp3) is 0.143. The molecule has 0 unspecified atom stereocenters. The van der Waals surface area contributed by atoms with Crippen molar-refractivity contribution in [3.8, 4) is 11.5 Å². The van der Waals surface area contributed by atoms with E-state index >= 15 is 0 Å². The van der Waals surface area contributed by atoms with Crippen molar-refractivity contribution >= 4 is 17.4 Å². The lowest BCUT2D eigenvalue weighted by molar-refractivity contribution is 0.0937. The molecule has 6 nitrogen and oxygen atoms in total. The third-order valence-electron chi connectivity index (χ3n) is 3.72. The molecule has 0 aliphatic carbocycles. The summed E-state index contributed by atoms with van der Waals surface area (Å²) in [4.78, 5) is 16.4. The topological polar surface area (TPSA) is 72.5 Å². The van der Waals surface area contributed by atoms with Gasteiger partial charge in [-0.1, -0.05) is 18.2 Å². The molecule has 2 N–H and O–H groups in total. The van der Waals surface area contributed by atoms with Crippen LogP contribution < -0.4 is 15.4 Å². The van der Waals surface area contributed by atoms with Crippen LogP contribution in [0.1, 0.15) is 10.4 Å². The van der Waals surface area contributed by atoms with E-state index < -0.39 is 0 Å². The van der Waals surface area contributed by atoms with Gasteiger partial charge in [-0.25, -0.2) is 4.98 Å². The van der Waals surface area contributed by atoms with E-state index in [1.165, 1.54) is 0 Å². The third kappa shape index (κ3) is 5.55. The van der Waals surface area contributed by atoms with E-state index in [9.17, 15) is 4.79 Å². The van der Waals surface area contributed by atoms with Crippen LogP contribution in [0.25, 0.3) is 0 Å². The third-order valence-corrected chi connectivity index (χ3v) is 3.72. The number of ether oxygens (including phenoxy) is 2. The minimum absolute atomic E-state index is 0.163. The van der Waals surface area contributed by atoms with Crippen molar-refractivity contribution in [3.05, 3.63) is 78.5 Å². The molecule has 1 aromatic heterocycles. The molecule has 0 spiro atoms. The van der Waals surface area contributed by atoms with Gasteiger partial charge in [-0.2, -0.15) is 0 Å². The number of amides is 1. The first-order chi connectivity index (χ1) is 13.2. The second kappa shape index (κ2) is 9.35. The summed E-state index contributed by atoms with van der Waals surface area (Å²) < 4.78 is 10.7. The maximum Gasteiger partial charge on any atom is 0.251 e. The van der Waals surface area contributed by atoms with Gasteiger partial charge in [0.25, 0.3) is 5.91 Å². The number of methoxy groups -OCH3 is 1. The van der Waals surface area contributed by atoms with Gasteiger partial charge in [-0.15, -0.1) is 0 Å². The number of nitrogens with zero attached hydrogens (tertiary/aromatic N) is 1. The molecule has 3 aromatic rings. The summed E-state index contributed by atoms with van der Waals surface area (Å²) in [6.07, 6.45) is 1.60. The van der Waals surface area contributed by atoms with Gasteiger partial charge in [-0.3, -0.25) is 4.79 Å². The first kappa shape index (κ1) is 18.4. The largest absolute Gasteiger partial charge is 0.457 e. The quantitative estimate of drug-likeness (QED) is 0.592. The molecular formula is C21H21N3O3. The Kier molecular flexibility index (Phi) is 6.38. The number of hydrogen-bond donors (Lipinski definition) is 2. The van der Waals surface area contributed by atoms with Crippen LogP contribution in [-0.2, 0) is 4.74 Å². The molecule has 0 radical (unpaired) electrons. The monoisotopic (exact) mass is 363 g/mol. The lowest BCUT2D eigenvalue weighted by Crippen LogP contribution is -2.26. The van der Waals surface area contributed by atoms with Gasteiger partial charge in [0.05, 0.1) is 6.61 Å². The van der Waals surface area contributed by atoms with E-state index in [2.05, 4.69) is 15.6 Å². The van der Waals surface area contributed by atoms with E-state index in [1.54, 1.807) is 25.4 Å². The molecule has 3 rings (SSSR count). The molecule has 2 aromatic carbocycles. The maximum absolute atomic E-state index is 12.1. The summed E-state index contributed by atoms with van der Waals surface area (Å²) in [5, 5.41) is 5.97. The lowest BCUT2D eigenvalue weighted by Gasteiger charge is -2.09. The van der Waals surface area contributed by atoms with E-state index in [4.69, 9.17) is 9.47 Å². The van der Waals surface area contributed by atoms with Crippen LogP contribution in [0.4, 0.5) is 11.5 Å². The predicted molar refractivity (Wildman–Crippen MR) is 105 cm³/mol. The molecule has 27 heavy (non-hydrogen) atoms. The van der Waals surface area contributed by atoms with E-state index in [0.29, 0.717) is 24.5 Å². The second-order valence-electron chi connectivity index (χ2n) is 5.74. The molecule has 1 heterocycles. The summed E-state index contributed by atoms with van der Waals surface area (Å²) in [5.41, 5.74) is 1.38. The smallest absolute Gasteiger partial charge is 0.251 e. The minimum atomic E-state index is -0.163. The molecule has 0 atom stereocenters. The molecule has 0 fully saturated rings. The number of carbonyl (C=O) groups excluding carboxylic acids is 1. The highest BCUT2D eigenvalue weighted by atomic mass is 16.5. The molecular weight excluding hydrogens is 342 g/mol. The van der Waals surface area contributed by atoms with Crippen LogP contribution in [0, 0.1) is 0 Å². The van der Waals surface area contributed by atoms with Crippen molar-refractivity contribution in [2.45, 2.75) is 0 Å². The zero-order valence-electron chi connectivity index (χ0n) is 15.0. The highest BCUT2D eigenvalue weighted by Crippen LogP contribution is 2.24. The van der Waals surface area contributed by atoms with Gasteiger partial charge in [-0.05, 0) is 48.5 Å². The number of para-hydroxylation sites is 1. The van der Waals surface area contributed by atoms with Crippen molar-refractivity contribution in [3.63, 3.8) is 0 Å². The van der Waals surface area contributed by atoms with Crippen molar-refractivity contribution in [2.24, 2.45) is 0 Å². The highest BCUT2D eigenvalue weighted by molar-refractivity contribution is 5.94. The lowest BCUT2D eigenvalue weighted by atomic mass is 10.2. The molecule has 0 aliphatic rings. The summed E-state index contributed by atoms with van der Waals surface area (Å²) in [6, 6.07) is 20.5. The number of rotatable bonds is 8. The first-order valence-electron chi connectivity index (χ1n) is 8.58. The Hall–Kier alpha value is -3.38. The number of hydrogen-bond acceptors (Lipinski definition) is 5. The summed E-state index contributed by atoms with van der Waals surface area (Å²) in [5.74, 6) is 1.95. The average Bonchev–Trinajstić information content (AvgIpc) is 2.71. The molecule has 0 bridgehead atoms. The number of carbonyl (C=O) groups is 1. The van der Waals surface area contributed by atoms with Gasteiger partial charge in [0, 0.05) is 31.1 Å². The zero-order chi connectivity index (χ0) is 18.9. The normalized spacial score (nSPS) is 10.3. The zero-order valence-corrected chi connectivity index (χ0v) is 15.0. The molecule has 0 saturated heterocycles. The van der Waals surface area contributed by atoms with E-state index in [1.807, 2.05) is 54.6 Å². The standard InChI is InChI=1S/C21H21N3O3/c1-26-14-13-23-21(25)16-11-12-22-20(15-16)24-17-7-9-19(10-8-17)27-18-5-3-2-4-6-18/h2-12,15H,13-14H2,1H3,(H,22,24)(H,23,25). The number of aromatic nitrogens is 1. The minimum Gasteiger partial charge on any atom is -0.457 e. The molecule has 1 amide bonds. The molecule has 138 valence electrons. The first-order valence-corrected chi connectivity index (χ1v) is 8.58. The van der Waals surface area contributed by atoms with Crippen LogP contribution in [-0.4, -0.2) is 31.2 Å². The Labute approximate surface area is 158 Å². The summed E-state index contributed by atoms with van der Waals surface area (Å²) in [7, 11) is 1.59. The Balaban J connectivity index is 1.61. The van der Waals surface area contributed by atoms with E-state index in [0.717, 1.165) is 17.2 Å². The van der Waals surface area contributed by atoms with Crippen molar-refractivity contribution in [1.82, 2.24) is 10.3 Å². The molecule has 0 aliphatic heterocycles. The van der Waals surface area contributed by atoms with Gasteiger partial charge < -0.3 is 20.1 Å². The molecule has 6 heteroatoms. The highest BCUT2D eigenvalue weighted by Gasteiger charge is 2.07. The fourth-order valence-electron chi connectivity index (χ4n) is 2.39. The number of benzene rings is 2. The van der Waals surface area contributed by atoms with Gasteiger partial charge in [0.2, 0.25) is 0 Å². The second-order valence-corrected chi connectivity index (χ2v) is 5.74. The van der Waals surface area contributed by atoms with E-state index in [-0.39, 0.29) is 5.91 Å². The van der Waals surface area contributed by atoms with Crippen LogP contribution in [0.5, 0.6) is 11.5 Å². The summed E-state index contributed by atoms with van der Waals surface area (Å²) >= 11 is 0. The van der Waals surface area contributed by atoms with Crippen LogP contribution in [0.3, 0.4) is 0 Å². The van der Waals surface area contributed by atoms with Crippen molar-refractivity contribution in [2.75, 3.05) is 25.6 Å². The average molecular weight is 363 g/mol. The Bertz CT molecular complexity index is 867. The number of anilines is 2. The van der Waals surface area contributed by atoms with Crippen LogP contribution in [0.15, 0.2) is 72.9 Å². The fourth-order valence-corrected chi connectivity index (χ4v) is 2.39. The Morgan fingerprint density at radius 1 is 1.00 bits per heavy atom. The predicted octanol–water partition coefficient (Wildman–Crippen LogP) is 3.99. The Morgan fingerprint density at radius 2 is 1.74 bits per heavy atom. The van der Waals surface area contributed by atoms with Gasteiger partial charge in [0.15, 0.2) is 0 Å². The Morgan fingerprint density at radius 3 is 2.48 bits per heavy atom. The van der Waals surface area contributed by atoms with Crippen molar-refractivity contribution < 1.29 is 14.3 Å². The van der Waals surface area contributed by atoms with Gasteiger partial charge >= 0.3 is 0 Å². The van der Waals surface area contributed by atoms with Crippen LogP contribution in [0.2, 0.25) is 0 Å². The maximum atomic E-state index is 12.1. The van der Waals surface area contributed by atoms with Crippen LogP contribution >= 0.6 is 0 Å².